The van der Waals surface area contributed by atoms with Crippen LogP contribution in [0.3, 0.4) is 0 Å². The number of nitrogens with one attached hydrogen (secondary N) is 1. The molecule has 0 bridgehead atoms. The van der Waals surface area contributed by atoms with Gasteiger partial charge in [0.15, 0.2) is 9.84 Å². The van der Waals surface area contributed by atoms with E-state index in [0.717, 1.165) is 5.75 Å². The lowest BCUT2D eigenvalue weighted by atomic mass is 10.0. The van der Waals surface area contributed by atoms with Gasteiger partial charge in [0.05, 0.1) is 17.0 Å². The number of benzene rings is 2. The Labute approximate surface area is 141 Å². The van der Waals surface area contributed by atoms with Crippen LogP contribution in [0.5, 0.6) is 11.5 Å². The average Bonchev–Trinajstić information content (AvgIpc) is 2.82. The van der Waals surface area contributed by atoms with E-state index in [9.17, 15) is 13.2 Å². The van der Waals surface area contributed by atoms with Crippen LogP contribution in [0.2, 0.25) is 0 Å². The second-order valence-corrected chi connectivity index (χ2v) is 8.48. The summed E-state index contributed by atoms with van der Waals surface area (Å²) < 4.78 is 28.9. The topological polar surface area (TPSA) is 72.5 Å². The van der Waals surface area contributed by atoms with Gasteiger partial charge in [0.2, 0.25) is 0 Å². The first-order chi connectivity index (χ1) is 11.4. The van der Waals surface area contributed by atoms with Crippen molar-refractivity contribution in [2.24, 2.45) is 0 Å². The number of hydrogen-bond donors (Lipinski definition) is 1. The van der Waals surface area contributed by atoms with Crippen LogP contribution >= 0.6 is 0 Å². The molecule has 1 amide bonds. The highest BCUT2D eigenvalue weighted by Gasteiger charge is 2.39. The molecule has 1 aliphatic heterocycles. The molecule has 2 aromatic carbocycles. The van der Waals surface area contributed by atoms with Crippen LogP contribution in [-0.4, -0.2) is 31.4 Å². The predicted molar refractivity (Wildman–Crippen MR) is 92.1 cm³/mol. The molecule has 0 saturated carbocycles. The van der Waals surface area contributed by atoms with Gasteiger partial charge in [-0.05, 0) is 49.7 Å². The maximum absolute atomic E-state index is 12.3. The van der Waals surface area contributed by atoms with E-state index in [1.165, 1.54) is 0 Å². The zero-order valence-corrected chi connectivity index (χ0v) is 14.2. The highest BCUT2D eigenvalue weighted by atomic mass is 32.2. The summed E-state index contributed by atoms with van der Waals surface area (Å²) in [5.41, 5.74) is -0.226. The van der Waals surface area contributed by atoms with Crippen LogP contribution in [0, 0.1) is 0 Å². The van der Waals surface area contributed by atoms with Crippen molar-refractivity contribution in [3.05, 3.63) is 60.2 Å². The summed E-state index contributed by atoms with van der Waals surface area (Å²) in [5, 5.41) is 2.84. The van der Waals surface area contributed by atoms with E-state index in [-0.39, 0.29) is 17.4 Å². The lowest BCUT2D eigenvalue weighted by Crippen LogP contribution is -2.46. The molecule has 126 valence electrons. The molecular formula is C18H19NO4S. The van der Waals surface area contributed by atoms with Crippen molar-refractivity contribution in [2.75, 3.05) is 11.5 Å². The quantitative estimate of drug-likeness (QED) is 0.925. The third-order valence-electron chi connectivity index (χ3n) is 4.01. The van der Waals surface area contributed by atoms with Gasteiger partial charge in [-0.3, -0.25) is 4.79 Å². The number of amides is 1. The lowest BCUT2D eigenvalue weighted by molar-refractivity contribution is 0.0915. The number of carbonyl (C=O) groups is 1. The largest absolute Gasteiger partial charge is 0.457 e. The molecule has 5 nitrogen and oxygen atoms in total. The van der Waals surface area contributed by atoms with Crippen molar-refractivity contribution < 1.29 is 17.9 Å². The number of rotatable bonds is 4. The van der Waals surface area contributed by atoms with Crippen LogP contribution in [0.1, 0.15) is 23.7 Å². The van der Waals surface area contributed by atoms with Crippen LogP contribution in [0.25, 0.3) is 0 Å². The molecule has 24 heavy (non-hydrogen) atoms. The smallest absolute Gasteiger partial charge is 0.251 e. The molecule has 6 heteroatoms. The molecule has 3 rings (SSSR count). The predicted octanol–water partition coefficient (Wildman–Crippen LogP) is 2.79. The summed E-state index contributed by atoms with van der Waals surface area (Å²) in [6.45, 7) is 1.77. The Kier molecular flexibility index (Phi) is 4.32. The van der Waals surface area contributed by atoms with Crippen LogP contribution in [-0.2, 0) is 9.84 Å². The van der Waals surface area contributed by atoms with E-state index in [1.54, 1.807) is 31.2 Å². The maximum Gasteiger partial charge on any atom is 0.251 e. The highest BCUT2D eigenvalue weighted by Crippen LogP contribution is 2.24. The van der Waals surface area contributed by atoms with Crippen molar-refractivity contribution in [3.8, 4) is 11.5 Å². The molecule has 1 atom stereocenters. The minimum Gasteiger partial charge on any atom is -0.457 e. The van der Waals surface area contributed by atoms with E-state index in [4.69, 9.17) is 4.74 Å². The molecule has 0 unspecified atom stereocenters. The van der Waals surface area contributed by atoms with Gasteiger partial charge in [0.1, 0.15) is 11.5 Å². The Morgan fingerprint density at radius 3 is 2.25 bits per heavy atom. The first kappa shape index (κ1) is 16.5. The van der Waals surface area contributed by atoms with E-state index in [0.29, 0.717) is 17.7 Å². The highest BCUT2D eigenvalue weighted by molar-refractivity contribution is 7.91. The van der Waals surface area contributed by atoms with E-state index in [2.05, 4.69) is 5.32 Å². The molecule has 1 fully saturated rings. The molecule has 1 heterocycles. The molecule has 1 aliphatic rings. The van der Waals surface area contributed by atoms with Crippen molar-refractivity contribution in [1.29, 1.82) is 0 Å². The fraction of sp³-hybridized carbons (Fsp3) is 0.278. The maximum atomic E-state index is 12.3. The van der Waals surface area contributed by atoms with Crippen molar-refractivity contribution >= 4 is 15.7 Å². The van der Waals surface area contributed by atoms with Crippen LogP contribution in [0.15, 0.2) is 54.6 Å². The van der Waals surface area contributed by atoms with Crippen molar-refractivity contribution in [3.63, 3.8) is 0 Å². The van der Waals surface area contributed by atoms with Crippen molar-refractivity contribution in [1.82, 2.24) is 5.32 Å². The van der Waals surface area contributed by atoms with E-state index < -0.39 is 15.4 Å². The second-order valence-electron chi connectivity index (χ2n) is 6.30. The summed E-state index contributed by atoms with van der Waals surface area (Å²) in [7, 11) is -3.06. The van der Waals surface area contributed by atoms with Gasteiger partial charge >= 0.3 is 0 Å². The van der Waals surface area contributed by atoms with Gasteiger partial charge in [-0.25, -0.2) is 8.42 Å². The minimum absolute atomic E-state index is 0.0130. The zero-order chi connectivity index (χ0) is 17.2. The molecular weight excluding hydrogens is 326 g/mol. The number of ether oxygens (including phenoxy) is 1. The SMILES string of the molecule is C[C@@]1(NC(=O)c2ccc(Oc3ccccc3)cc2)CCS(=O)(=O)C1. The summed E-state index contributed by atoms with van der Waals surface area (Å²) >= 11 is 0. The molecule has 2 aromatic rings. The van der Waals surface area contributed by atoms with Crippen LogP contribution < -0.4 is 10.1 Å². The Balaban J connectivity index is 1.66. The number of sulfone groups is 1. The Bertz CT molecular complexity index is 831. The molecule has 1 saturated heterocycles. The Hall–Kier alpha value is -2.34. The van der Waals surface area contributed by atoms with Gasteiger partial charge in [0, 0.05) is 5.56 Å². The van der Waals surface area contributed by atoms with Gasteiger partial charge in [-0.2, -0.15) is 0 Å². The third kappa shape index (κ3) is 3.94. The Morgan fingerprint density at radius 1 is 1.04 bits per heavy atom. The molecule has 0 aliphatic carbocycles. The summed E-state index contributed by atoms with van der Waals surface area (Å²) in [4.78, 5) is 12.3. The third-order valence-corrected chi connectivity index (χ3v) is 5.92. The zero-order valence-electron chi connectivity index (χ0n) is 13.4. The monoisotopic (exact) mass is 345 g/mol. The fourth-order valence-electron chi connectivity index (χ4n) is 2.75. The molecule has 0 spiro atoms. The number of hydrogen-bond acceptors (Lipinski definition) is 4. The van der Waals surface area contributed by atoms with Crippen molar-refractivity contribution in [2.45, 2.75) is 18.9 Å². The molecule has 0 radical (unpaired) electrons. The second kappa shape index (κ2) is 6.28. The van der Waals surface area contributed by atoms with E-state index >= 15 is 0 Å². The average molecular weight is 345 g/mol. The van der Waals surface area contributed by atoms with Gasteiger partial charge in [-0.15, -0.1) is 0 Å². The van der Waals surface area contributed by atoms with Gasteiger partial charge in [-0.1, -0.05) is 18.2 Å². The first-order valence-corrected chi connectivity index (χ1v) is 9.53. The summed E-state index contributed by atoms with van der Waals surface area (Å²) in [6.07, 6.45) is 0.441. The fourth-order valence-corrected chi connectivity index (χ4v) is 4.85. The van der Waals surface area contributed by atoms with Gasteiger partial charge in [0.25, 0.3) is 5.91 Å². The summed E-state index contributed by atoms with van der Waals surface area (Å²) in [6, 6.07) is 16.1. The Morgan fingerprint density at radius 2 is 1.67 bits per heavy atom. The minimum atomic E-state index is -3.06. The normalized spacial score (nSPS) is 22.0. The summed E-state index contributed by atoms with van der Waals surface area (Å²) in [5.74, 6) is 1.18. The lowest BCUT2D eigenvalue weighted by Gasteiger charge is -2.23. The molecule has 0 aromatic heterocycles. The van der Waals surface area contributed by atoms with E-state index in [1.807, 2.05) is 30.3 Å². The van der Waals surface area contributed by atoms with Crippen LogP contribution in [0.4, 0.5) is 0 Å². The number of carbonyl (C=O) groups excluding carboxylic acids is 1. The van der Waals surface area contributed by atoms with Gasteiger partial charge < -0.3 is 10.1 Å². The number of para-hydroxylation sites is 1. The standard InChI is InChI=1S/C18H19NO4S/c1-18(11-12-24(21,22)13-18)19-17(20)14-7-9-16(10-8-14)23-15-5-3-2-4-6-15/h2-10H,11-13H2,1H3,(H,19,20)/t18-/m1/s1. The molecule has 1 N–H and O–H groups in total. The first-order valence-electron chi connectivity index (χ1n) is 7.71.